The van der Waals surface area contributed by atoms with Crippen molar-refractivity contribution in [3.8, 4) is 0 Å². The Bertz CT molecular complexity index is 1230. The second kappa shape index (κ2) is 10.0. The summed E-state index contributed by atoms with van der Waals surface area (Å²) >= 11 is 0. The van der Waals surface area contributed by atoms with Crippen LogP contribution in [0.4, 0.5) is 0 Å². The largest absolute Gasteiger partial charge is 0.414 e. The van der Waals surface area contributed by atoms with Gasteiger partial charge in [0.15, 0.2) is 28.5 Å². The lowest BCUT2D eigenvalue weighted by Crippen LogP contribution is -2.59. The molecule has 222 valence electrons. The third kappa shape index (κ3) is 5.76. The maximum Gasteiger partial charge on any atom is 0.292 e. The van der Waals surface area contributed by atoms with E-state index in [0.717, 1.165) is 5.41 Å². The van der Waals surface area contributed by atoms with Gasteiger partial charge in [0.1, 0.15) is 17.9 Å². The highest BCUT2D eigenvalue weighted by molar-refractivity contribution is 7.90. The number of carbonyl (C=O) groups is 1. The lowest BCUT2D eigenvalue weighted by Gasteiger charge is -2.43. The van der Waals surface area contributed by atoms with E-state index in [0.29, 0.717) is 0 Å². The average molecular weight is 604 g/mol. The van der Waals surface area contributed by atoms with E-state index in [-0.39, 0.29) is 34.0 Å². The van der Waals surface area contributed by atoms with Gasteiger partial charge >= 0.3 is 0 Å². The molecule has 2 N–H and O–H groups in total. The van der Waals surface area contributed by atoms with Gasteiger partial charge in [0.05, 0.1) is 23.9 Å². The fourth-order valence-electron chi connectivity index (χ4n) is 4.00. The number of amides is 1. The van der Waals surface area contributed by atoms with E-state index in [1.165, 1.54) is 15.8 Å². The minimum Gasteiger partial charge on any atom is -0.414 e. The van der Waals surface area contributed by atoms with Crippen LogP contribution in [0.1, 0.15) is 58.3 Å². The van der Waals surface area contributed by atoms with Crippen LogP contribution in [0.25, 0.3) is 0 Å². The van der Waals surface area contributed by atoms with Crippen molar-refractivity contribution in [3.05, 3.63) is 23.0 Å². The summed E-state index contributed by atoms with van der Waals surface area (Å²) in [6, 6.07) is 0. The van der Waals surface area contributed by atoms with Gasteiger partial charge in [-0.3, -0.25) is 4.79 Å². The molecule has 15 heteroatoms. The van der Waals surface area contributed by atoms with Gasteiger partial charge in [-0.2, -0.15) is 8.42 Å². The molecular formula is C24H45N5O7SSi2. The van der Waals surface area contributed by atoms with Gasteiger partial charge in [0, 0.05) is 14.1 Å². The fourth-order valence-corrected chi connectivity index (χ4v) is 7.51. The monoisotopic (exact) mass is 603 g/mol. The molecule has 1 fully saturated rings. The zero-order chi connectivity index (χ0) is 30.0. The molecule has 1 aromatic rings. The SMILES string of the molecule is CN(C)C(=O)c1cnnn1[C@@H]1O[C@H](CO[Si](C)(C)C(C)(C)C)C2(OS(=O)(=O)C=C2N)[C@H]1O[Si](C)(C)C(C)(C)C. The summed E-state index contributed by atoms with van der Waals surface area (Å²) in [5.41, 5.74) is 4.87. The molecule has 0 bridgehead atoms. The zero-order valence-electron chi connectivity index (χ0n) is 25.2. The van der Waals surface area contributed by atoms with Crippen molar-refractivity contribution in [2.75, 3.05) is 20.7 Å². The Morgan fingerprint density at radius 3 is 2.15 bits per heavy atom. The van der Waals surface area contributed by atoms with Gasteiger partial charge < -0.3 is 24.2 Å². The minimum atomic E-state index is -4.15. The summed E-state index contributed by atoms with van der Waals surface area (Å²) in [7, 11) is -5.83. The summed E-state index contributed by atoms with van der Waals surface area (Å²) in [5, 5.41) is 8.68. The summed E-state index contributed by atoms with van der Waals surface area (Å²) in [5.74, 6) is -0.354. The first-order valence-electron chi connectivity index (χ1n) is 13.0. The molecule has 3 heterocycles. The van der Waals surface area contributed by atoms with Crippen molar-refractivity contribution in [3.63, 3.8) is 0 Å². The van der Waals surface area contributed by atoms with Gasteiger partial charge in [-0.05, 0) is 36.3 Å². The Morgan fingerprint density at radius 1 is 1.13 bits per heavy atom. The summed E-state index contributed by atoms with van der Waals surface area (Å²) < 4.78 is 52.8. The van der Waals surface area contributed by atoms with E-state index in [4.69, 9.17) is 23.5 Å². The van der Waals surface area contributed by atoms with Crippen molar-refractivity contribution >= 4 is 32.7 Å². The normalized spacial score (nSPS) is 27.7. The van der Waals surface area contributed by atoms with Gasteiger partial charge in [0.25, 0.3) is 16.0 Å². The van der Waals surface area contributed by atoms with Gasteiger partial charge in [-0.15, -0.1) is 5.10 Å². The Hall–Kier alpha value is -1.63. The highest BCUT2D eigenvalue weighted by Crippen LogP contribution is 2.52. The Morgan fingerprint density at radius 2 is 1.69 bits per heavy atom. The molecule has 3 rings (SSSR count). The molecule has 12 nitrogen and oxygen atoms in total. The predicted molar refractivity (Wildman–Crippen MR) is 152 cm³/mol. The molecule has 0 saturated carbocycles. The predicted octanol–water partition coefficient (Wildman–Crippen LogP) is 3.19. The number of carbonyl (C=O) groups excluding carboxylic acids is 1. The summed E-state index contributed by atoms with van der Waals surface area (Å²) in [6.45, 7) is 20.8. The molecule has 0 radical (unpaired) electrons. The smallest absolute Gasteiger partial charge is 0.292 e. The molecule has 2 aliphatic rings. The molecule has 1 spiro atoms. The quantitative estimate of drug-likeness (QED) is 0.364. The molecule has 1 unspecified atom stereocenters. The van der Waals surface area contributed by atoms with Crippen LogP contribution in [-0.4, -0.2) is 89.4 Å². The highest BCUT2D eigenvalue weighted by Gasteiger charge is 2.67. The van der Waals surface area contributed by atoms with Crippen LogP contribution < -0.4 is 5.73 Å². The first kappa shape index (κ1) is 31.9. The summed E-state index contributed by atoms with van der Waals surface area (Å²) in [4.78, 5) is 14.4. The summed E-state index contributed by atoms with van der Waals surface area (Å²) in [6.07, 6.45) is -1.79. The number of hydrogen-bond donors (Lipinski definition) is 1. The lowest BCUT2D eigenvalue weighted by molar-refractivity contribution is -0.0603. The van der Waals surface area contributed by atoms with Crippen molar-refractivity contribution in [2.24, 2.45) is 5.73 Å². The first-order chi connectivity index (χ1) is 17.5. The Labute approximate surface area is 234 Å². The topological polar surface area (TPSA) is 148 Å². The minimum absolute atomic E-state index is 0.0000711. The maximum absolute atomic E-state index is 13.0. The number of aromatic nitrogens is 3. The molecule has 39 heavy (non-hydrogen) atoms. The molecule has 4 atom stereocenters. The molecule has 2 aliphatic heterocycles. The fraction of sp³-hybridized carbons (Fsp3) is 0.792. The second-order valence-electron chi connectivity index (χ2n) is 13.6. The number of nitrogens with zero attached hydrogens (tertiary/aromatic N) is 4. The van der Waals surface area contributed by atoms with Crippen molar-refractivity contribution in [1.29, 1.82) is 0 Å². The molecule has 0 aliphatic carbocycles. The van der Waals surface area contributed by atoms with Crippen LogP contribution in [-0.2, 0) is 27.9 Å². The first-order valence-corrected chi connectivity index (χ1v) is 20.3. The standard InChI is InChI=1S/C24H45N5O7SSi2/c1-22(2,3)38(9,10)33-14-18-24(17(25)15-37(31,32)36-24)19(35-39(11,12)23(4,5)6)21(34-18)29-16(13-26-27-29)20(30)28(7)8/h13,15,18-19,21H,14,25H2,1-12H3/t18-,19+,21-,24?/m1/s1. The van der Waals surface area contributed by atoms with E-state index in [9.17, 15) is 13.2 Å². The van der Waals surface area contributed by atoms with E-state index < -0.39 is 50.8 Å². The van der Waals surface area contributed by atoms with E-state index in [1.54, 1.807) is 14.1 Å². The van der Waals surface area contributed by atoms with Gasteiger partial charge in [-0.1, -0.05) is 46.8 Å². The number of ether oxygens (including phenoxy) is 1. The number of nitrogens with two attached hydrogens (primary N) is 1. The van der Waals surface area contributed by atoms with E-state index in [1.807, 2.05) is 13.1 Å². The number of rotatable bonds is 7. The Balaban J connectivity index is 2.21. The van der Waals surface area contributed by atoms with Crippen LogP contribution in [0, 0.1) is 0 Å². The van der Waals surface area contributed by atoms with Crippen LogP contribution in [0.5, 0.6) is 0 Å². The van der Waals surface area contributed by atoms with Crippen molar-refractivity contribution in [1.82, 2.24) is 19.9 Å². The van der Waals surface area contributed by atoms with Crippen molar-refractivity contribution in [2.45, 2.75) is 102 Å². The average Bonchev–Trinajstić information content (AvgIpc) is 3.39. The van der Waals surface area contributed by atoms with Gasteiger partial charge in [-0.25, -0.2) is 8.86 Å². The van der Waals surface area contributed by atoms with Crippen LogP contribution in [0.2, 0.25) is 36.3 Å². The van der Waals surface area contributed by atoms with E-state index in [2.05, 4.69) is 64.9 Å². The maximum atomic E-state index is 13.0. The molecule has 1 amide bonds. The highest BCUT2D eigenvalue weighted by atomic mass is 32.2. The van der Waals surface area contributed by atoms with Crippen LogP contribution in [0.3, 0.4) is 0 Å². The number of hydrogen-bond acceptors (Lipinski definition) is 10. The van der Waals surface area contributed by atoms with Crippen LogP contribution in [0.15, 0.2) is 17.3 Å². The van der Waals surface area contributed by atoms with Crippen LogP contribution >= 0.6 is 0 Å². The zero-order valence-corrected chi connectivity index (χ0v) is 28.0. The second-order valence-corrected chi connectivity index (χ2v) is 24.5. The molecular weight excluding hydrogens is 559 g/mol. The van der Waals surface area contributed by atoms with Gasteiger partial charge in [0.2, 0.25) is 0 Å². The molecule has 1 aromatic heterocycles. The third-order valence-electron chi connectivity index (χ3n) is 8.51. The molecule has 0 aromatic carbocycles. The van der Waals surface area contributed by atoms with Crippen molar-refractivity contribution < 1.29 is 31.0 Å². The Kier molecular flexibility index (Phi) is 8.20. The lowest BCUT2D eigenvalue weighted by atomic mass is 9.89. The molecule has 1 saturated heterocycles. The third-order valence-corrected chi connectivity index (χ3v) is 18.5. The van der Waals surface area contributed by atoms with E-state index >= 15 is 0 Å².